The second kappa shape index (κ2) is 5.23. The first kappa shape index (κ1) is 15.1. The van der Waals surface area contributed by atoms with Crippen LogP contribution in [0.25, 0.3) is 0 Å². The molecule has 20 heavy (non-hydrogen) atoms. The zero-order valence-electron chi connectivity index (χ0n) is 13.0. The lowest BCUT2D eigenvalue weighted by Gasteiger charge is -2.48. The lowest BCUT2D eigenvalue weighted by Crippen LogP contribution is -2.72. The van der Waals surface area contributed by atoms with Crippen LogP contribution >= 0.6 is 0 Å². The van der Waals surface area contributed by atoms with Gasteiger partial charge in [0.1, 0.15) is 11.6 Å². The molecule has 1 aliphatic carbocycles. The van der Waals surface area contributed by atoms with Gasteiger partial charge in [-0.15, -0.1) is 0 Å². The van der Waals surface area contributed by atoms with Crippen LogP contribution in [0.15, 0.2) is 12.2 Å². The number of hydrogen-bond donors (Lipinski definition) is 1. The highest BCUT2D eigenvalue weighted by Gasteiger charge is 2.55. The van der Waals surface area contributed by atoms with Crippen LogP contribution in [0, 0.1) is 5.41 Å². The van der Waals surface area contributed by atoms with E-state index < -0.39 is 11.6 Å². The summed E-state index contributed by atoms with van der Waals surface area (Å²) in [6, 6.07) is -0.425. The minimum Gasteiger partial charge on any atom is -0.342 e. The predicted octanol–water partition coefficient (Wildman–Crippen LogP) is 2.25. The zero-order valence-corrected chi connectivity index (χ0v) is 13.0. The first-order chi connectivity index (χ1) is 9.33. The molecule has 2 rings (SSSR count). The Labute approximate surface area is 121 Å². The van der Waals surface area contributed by atoms with Crippen molar-refractivity contribution in [3.63, 3.8) is 0 Å². The molecule has 2 amide bonds. The molecule has 0 bridgehead atoms. The Morgan fingerprint density at radius 1 is 1.30 bits per heavy atom. The summed E-state index contributed by atoms with van der Waals surface area (Å²) in [6.45, 7) is 8.47. The monoisotopic (exact) mass is 278 g/mol. The van der Waals surface area contributed by atoms with Crippen LogP contribution in [0.2, 0.25) is 0 Å². The Morgan fingerprint density at radius 2 is 1.90 bits per heavy atom. The van der Waals surface area contributed by atoms with Crippen molar-refractivity contribution in [3.05, 3.63) is 12.2 Å². The molecular formula is C16H26N2O2. The van der Waals surface area contributed by atoms with Crippen molar-refractivity contribution in [2.24, 2.45) is 5.41 Å². The Bertz CT molecular complexity index is 428. The van der Waals surface area contributed by atoms with Gasteiger partial charge in [0.2, 0.25) is 11.8 Å². The molecule has 2 fully saturated rings. The number of hydrogen-bond acceptors (Lipinski definition) is 2. The van der Waals surface area contributed by atoms with Crippen LogP contribution in [0.5, 0.6) is 0 Å². The smallest absolute Gasteiger partial charge is 0.246 e. The molecule has 1 spiro atoms. The molecule has 1 saturated carbocycles. The number of carbonyl (C=O) groups excluding carboxylic acids is 2. The minimum atomic E-state index is -0.599. The predicted molar refractivity (Wildman–Crippen MR) is 79.1 cm³/mol. The molecule has 1 atom stereocenters. The van der Waals surface area contributed by atoms with Crippen molar-refractivity contribution in [3.8, 4) is 0 Å². The maximum absolute atomic E-state index is 12.9. The van der Waals surface area contributed by atoms with E-state index in [1.165, 1.54) is 0 Å². The van der Waals surface area contributed by atoms with Crippen LogP contribution < -0.4 is 5.32 Å². The topological polar surface area (TPSA) is 49.4 Å². The van der Waals surface area contributed by atoms with Crippen LogP contribution in [0.4, 0.5) is 0 Å². The number of piperazine rings is 1. The summed E-state index contributed by atoms with van der Waals surface area (Å²) in [4.78, 5) is 27.4. The molecular weight excluding hydrogens is 252 g/mol. The molecule has 0 aromatic carbocycles. The number of nitrogens with zero attached hydrogens (tertiary/aromatic N) is 1. The second-order valence-corrected chi connectivity index (χ2v) is 7.03. The normalized spacial score (nSPS) is 26.6. The molecule has 0 aromatic rings. The third-order valence-electron chi connectivity index (χ3n) is 4.55. The largest absolute Gasteiger partial charge is 0.342 e. The van der Waals surface area contributed by atoms with Crippen molar-refractivity contribution in [2.75, 3.05) is 6.54 Å². The van der Waals surface area contributed by atoms with Gasteiger partial charge in [-0.05, 0) is 25.2 Å². The molecule has 1 unspecified atom stereocenters. The number of amides is 2. The van der Waals surface area contributed by atoms with E-state index in [9.17, 15) is 9.59 Å². The molecule has 1 heterocycles. The van der Waals surface area contributed by atoms with E-state index in [0.29, 0.717) is 6.54 Å². The van der Waals surface area contributed by atoms with Gasteiger partial charge in [-0.2, -0.15) is 0 Å². The van der Waals surface area contributed by atoms with E-state index in [1.807, 2.05) is 44.7 Å². The van der Waals surface area contributed by atoms with E-state index in [-0.39, 0.29) is 17.2 Å². The third kappa shape index (κ3) is 2.36. The van der Waals surface area contributed by atoms with Gasteiger partial charge in [-0.3, -0.25) is 9.59 Å². The molecule has 1 saturated heterocycles. The van der Waals surface area contributed by atoms with Crippen LogP contribution in [-0.2, 0) is 9.59 Å². The number of rotatable bonds is 2. The average Bonchev–Trinajstić information content (AvgIpc) is 2.83. The fourth-order valence-electron chi connectivity index (χ4n) is 3.34. The van der Waals surface area contributed by atoms with E-state index in [1.54, 1.807) is 0 Å². The summed E-state index contributed by atoms with van der Waals surface area (Å²) in [5.74, 6) is 0.108. The van der Waals surface area contributed by atoms with E-state index >= 15 is 0 Å². The van der Waals surface area contributed by atoms with Crippen LogP contribution in [0.1, 0.15) is 53.4 Å². The maximum Gasteiger partial charge on any atom is 0.246 e. The van der Waals surface area contributed by atoms with Gasteiger partial charge in [-0.25, -0.2) is 0 Å². The Morgan fingerprint density at radius 3 is 2.40 bits per heavy atom. The van der Waals surface area contributed by atoms with Gasteiger partial charge in [0, 0.05) is 6.54 Å². The fourth-order valence-corrected chi connectivity index (χ4v) is 3.34. The summed E-state index contributed by atoms with van der Waals surface area (Å²) in [6.07, 6.45) is 7.53. The molecule has 4 heteroatoms. The van der Waals surface area contributed by atoms with Crippen molar-refractivity contribution >= 4 is 11.8 Å². The second-order valence-electron chi connectivity index (χ2n) is 7.03. The maximum atomic E-state index is 12.9. The molecule has 0 aromatic heterocycles. The molecule has 1 aliphatic heterocycles. The summed E-state index contributed by atoms with van der Waals surface area (Å²) in [5, 5.41) is 2.99. The van der Waals surface area contributed by atoms with Crippen molar-refractivity contribution in [2.45, 2.75) is 65.0 Å². The molecule has 2 aliphatic rings. The van der Waals surface area contributed by atoms with E-state index in [4.69, 9.17) is 0 Å². The van der Waals surface area contributed by atoms with Crippen LogP contribution in [0.3, 0.4) is 0 Å². The standard InChI is InChI=1S/C16H26N2O2/c1-5-6-11-18-13(19)12(15(2,3)4)17-14(20)16(18)9-7-8-10-16/h5-6,12H,7-11H2,1-4H3,(H,17,20)/b6-5+. The summed E-state index contributed by atoms with van der Waals surface area (Å²) in [5.41, 5.74) is -0.862. The van der Waals surface area contributed by atoms with Gasteiger partial charge in [-0.1, -0.05) is 45.8 Å². The van der Waals surface area contributed by atoms with E-state index in [2.05, 4.69) is 5.32 Å². The highest BCUT2D eigenvalue weighted by atomic mass is 16.2. The SMILES string of the molecule is C/C=C/CN1C(=O)C(C(C)(C)C)NC(=O)C12CCCC2. The Balaban J connectivity index is 2.36. The van der Waals surface area contributed by atoms with Crippen molar-refractivity contribution in [1.82, 2.24) is 10.2 Å². The zero-order chi connectivity index (χ0) is 15.0. The number of nitrogens with one attached hydrogen (secondary N) is 1. The quantitative estimate of drug-likeness (QED) is 0.788. The summed E-state index contributed by atoms with van der Waals surface area (Å²) < 4.78 is 0. The fraction of sp³-hybridized carbons (Fsp3) is 0.750. The number of allylic oxidation sites excluding steroid dienone is 1. The molecule has 4 nitrogen and oxygen atoms in total. The molecule has 0 radical (unpaired) electrons. The first-order valence-electron chi connectivity index (χ1n) is 7.56. The molecule has 112 valence electrons. The first-order valence-corrected chi connectivity index (χ1v) is 7.56. The minimum absolute atomic E-state index is 0.0408. The third-order valence-corrected chi connectivity index (χ3v) is 4.55. The van der Waals surface area contributed by atoms with E-state index in [0.717, 1.165) is 25.7 Å². The summed E-state index contributed by atoms with van der Waals surface area (Å²) >= 11 is 0. The van der Waals surface area contributed by atoms with Gasteiger partial charge in [0.15, 0.2) is 0 Å². The Hall–Kier alpha value is -1.32. The highest BCUT2D eigenvalue weighted by molar-refractivity contribution is 6.00. The van der Waals surface area contributed by atoms with Gasteiger partial charge in [0.05, 0.1) is 0 Å². The highest BCUT2D eigenvalue weighted by Crippen LogP contribution is 2.40. The Kier molecular flexibility index (Phi) is 3.94. The van der Waals surface area contributed by atoms with Gasteiger partial charge in [0.25, 0.3) is 0 Å². The summed E-state index contributed by atoms with van der Waals surface area (Å²) in [7, 11) is 0. The number of carbonyl (C=O) groups is 2. The van der Waals surface area contributed by atoms with Gasteiger partial charge >= 0.3 is 0 Å². The lowest BCUT2D eigenvalue weighted by atomic mass is 9.80. The molecule has 1 N–H and O–H groups in total. The van der Waals surface area contributed by atoms with Crippen molar-refractivity contribution < 1.29 is 9.59 Å². The van der Waals surface area contributed by atoms with Crippen LogP contribution in [-0.4, -0.2) is 34.8 Å². The van der Waals surface area contributed by atoms with Crippen molar-refractivity contribution in [1.29, 1.82) is 0 Å². The average molecular weight is 278 g/mol. The lowest BCUT2D eigenvalue weighted by molar-refractivity contribution is -0.159. The van der Waals surface area contributed by atoms with Gasteiger partial charge < -0.3 is 10.2 Å².